The first-order chi connectivity index (χ1) is 13.3. The number of aliphatic hydroxyl groups excluding tert-OH is 1. The van der Waals surface area contributed by atoms with Crippen LogP contribution in [0.25, 0.3) is 11.3 Å². The summed E-state index contributed by atoms with van der Waals surface area (Å²) < 4.78 is 10.8. The molecule has 1 aromatic heterocycles. The summed E-state index contributed by atoms with van der Waals surface area (Å²) in [5, 5.41) is 15.4. The van der Waals surface area contributed by atoms with Gasteiger partial charge in [-0.25, -0.2) is 4.98 Å². The van der Waals surface area contributed by atoms with Crippen LogP contribution in [0.1, 0.15) is 6.42 Å². The molecule has 138 valence electrons. The SMILES string of the molecule is OCCCNc1nc(Nc2ccc3c(c2)OCO3)cc(-c2ccccc2)n1. The Kier molecular flexibility index (Phi) is 5.02. The Morgan fingerprint density at radius 1 is 0.963 bits per heavy atom. The van der Waals surface area contributed by atoms with Gasteiger partial charge in [-0.1, -0.05) is 30.3 Å². The van der Waals surface area contributed by atoms with Gasteiger partial charge in [-0.3, -0.25) is 0 Å². The number of aromatic nitrogens is 2. The van der Waals surface area contributed by atoms with Gasteiger partial charge < -0.3 is 25.2 Å². The van der Waals surface area contributed by atoms with Gasteiger partial charge in [0.25, 0.3) is 0 Å². The molecule has 1 aliphatic heterocycles. The Morgan fingerprint density at radius 2 is 1.81 bits per heavy atom. The fourth-order valence-corrected chi connectivity index (χ4v) is 2.75. The molecule has 7 nitrogen and oxygen atoms in total. The summed E-state index contributed by atoms with van der Waals surface area (Å²) >= 11 is 0. The number of ether oxygens (including phenoxy) is 2. The molecule has 0 saturated heterocycles. The minimum atomic E-state index is 0.119. The van der Waals surface area contributed by atoms with Crippen molar-refractivity contribution in [2.75, 3.05) is 30.6 Å². The summed E-state index contributed by atoms with van der Waals surface area (Å²) in [6.45, 7) is 0.954. The third kappa shape index (κ3) is 4.09. The summed E-state index contributed by atoms with van der Waals surface area (Å²) in [6, 6.07) is 17.5. The zero-order valence-electron chi connectivity index (χ0n) is 14.7. The van der Waals surface area contributed by atoms with Crippen LogP contribution < -0.4 is 20.1 Å². The maximum atomic E-state index is 8.99. The van der Waals surface area contributed by atoms with Crippen molar-refractivity contribution in [3.05, 3.63) is 54.6 Å². The average molecular weight is 364 g/mol. The van der Waals surface area contributed by atoms with Gasteiger partial charge in [0.05, 0.1) is 5.69 Å². The molecule has 7 heteroatoms. The predicted octanol–water partition coefficient (Wildman–Crippen LogP) is 3.41. The van der Waals surface area contributed by atoms with Crippen molar-refractivity contribution in [3.8, 4) is 22.8 Å². The van der Waals surface area contributed by atoms with Gasteiger partial charge in [-0.2, -0.15) is 4.98 Å². The maximum absolute atomic E-state index is 8.99. The van der Waals surface area contributed by atoms with Gasteiger partial charge in [0.1, 0.15) is 5.82 Å². The van der Waals surface area contributed by atoms with Crippen LogP contribution in [-0.2, 0) is 0 Å². The van der Waals surface area contributed by atoms with Crippen molar-refractivity contribution in [3.63, 3.8) is 0 Å². The molecule has 0 radical (unpaired) electrons. The third-order valence-electron chi connectivity index (χ3n) is 4.06. The van der Waals surface area contributed by atoms with E-state index in [0.717, 1.165) is 22.7 Å². The molecule has 0 bridgehead atoms. The number of nitrogens with zero attached hydrogens (tertiary/aromatic N) is 2. The fraction of sp³-hybridized carbons (Fsp3) is 0.200. The molecule has 2 heterocycles. The number of nitrogens with one attached hydrogen (secondary N) is 2. The Labute approximate surface area is 157 Å². The molecule has 3 aromatic rings. The van der Waals surface area contributed by atoms with Crippen molar-refractivity contribution in [1.82, 2.24) is 9.97 Å². The molecule has 0 aliphatic carbocycles. The molecule has 1 aliphatic rings. The highest BCUT2D eigenvalue weighted by molar-refractivity contribution is 5.68. The lowest BCUT2D eigenvalue weighted by atomic mass is 10.1. The van der Waals surface area contributed by atoms with Gasteiger partial charge in [-0.05, 0) is 18.6 Å². The quantitative estimate of drug-likeness (QED) is 0.554. The van der Waals surface area contributed by atoms with Crippen LogP contribution in [0.2, 0.25) is 0 Å². The van der Waals surface area contributed by atoms with E-state index in [0.29, 0.717) is 30.5 Å². The molecule has 0 unspecified atom stereocenters. The lowest BCUT2D eigenvalue weighted by molar-refractivity contribution is 0.174. The monoisotopic (exact) mass is 364 g/mol. The van der Waals surface area contributed by atoms with Crippen molar-refractivity contribution < 1.29 is 14.6 Å². The zero-order chi connectivity index (χ0) is 18.5. The minimum Gasteiger partial charge on any atom is -0.454 e. The first kappa shape index (κ1) is 17.1. The summed E-state index contributed by atoms with van der Waals surface area (Å²) in [5.41, 5.74) is 2.65. The highest BCUT2D eigenvalue weighted by Crippen LogP contribution is 2.35. The Balaban J connectivity index is 1.63. The van der Waals surface area contributed by atoms with Crippen molar-refractivity contribution in [1.29, 1.82) is 0 Å². The molecule has 0 amide bonds. The number of anilines is 3. The second kappa shape index (κ2) is 7.92. The molecule has 27 heavy (non-hydrogen) atoms. The van der Waals surface area contributed by atoms with Gasteiger partial charge in [0, 0.05) is 36.5 Å². The number of benzene rings is 2. The van der Waals surface area contributed by atoms with Crippen LogP contribution in [0.5, 0.6) is 11.5 Å². The Morgan fingerprint density at radius 3 is 2.67 bits per heavy atom. The topological polar surface area (TPSA) is 88.5 Å². The number of fused-ring (bicyclic) bond motifs is 1. The molecule has 0 atom stereocenters. The van der Waals surface area contributed by atoms with Gasteiger partial charge >= 0.3 is 0 Å². The number of aliphatic hydroxyl groups is 1. The van der Waals surface area contributed by atoms with E-state index < -0.39 is 0 Å². The summed E-state index contributed by atoms with van der Waals surface area (Å²) in [6.07, 6.45) is 0.629. The lowest BCUT2D eigenvalue weighted by Crippen LogP contribution is -2.08. The van der Waals surface area contributed by atoms with Gasteiger partial charge in [-0.15, -0.1) is 0 Å². The van der Waals surface area contributed by atoms with E-state index in [9.17, 15) is 0 Å². The number of rotatable bonds is 7. The van der Waals surface area contributed by atoms with Crippen LogP contribution in [0.3, 0.4) is 0 Å². The zero-order valence-corrected chi connectivity index (χ0v) is 14.7. The normalized spacial score (nSPS) is 12.0. The molecule has 4 rings (SSSR count). The second-order valence-corrected chi connectivity index (χ2v) is 6.03. The first-order valence-corrected chi connectivity index (χ1v) is 8.78. The highest BCUT2D eigenvalue weighted by atomic mass is 16.7. The number of hydrogen-bond acceptors (Lipinski definition) is 7. The van der Waals surface area contributed by atoms with E-state index in [1.165, 1.54) is 0 Å². The van der Waals surface area contributed by atoms with Gasteiger partial charge in [0.2, 0.25) is 12.7 Å². The molecule has 0 saturated carbocycles. The maximum Gasteiger partial charge on any atom is 0.231 e. The smallest absolute Gasteiger partial charge is 0.231 e. The predicted molar refractivity (Wildman–Crippen MR) is 104 cm³/mol. The van der Waals surface area contributed by atoms with E-state index in [2.05, 4.69) is 20.6 Å². The van der Waals surface area contributed by atoms with E-state index in [4.69, 9.17) is 14.6 Å². The van der Waals surface area contributed by atoms with E-state index in [1.54, 1.807) is 0 Å². The summed E-state index contributed by atoms with van der Waals surface area (Å²) in [7, 11) is 0. The van der Waals surface area contributed by atoms with Crippen LogP contribution in [0, 0.1) is 0 Å². The van der Waals surface area contributed by atoms with Crippen LogP contribution >= 0.6 is 0 Å². The minimum absolute atomic E-state index is 0.119. The molecule has 3 N–H and O–H groups in total. The van der Waals surface area contributed by atoms with Gasteiger partial charge in [0.15, 0.2) is 11.5 Å². The van der Waals surface area contributed by atoms with Crippen molar-refractivity contribution in [2.45, 2.75) is 6.42 Å². The van der Waals surface area contributed by atoms with Crippen LogP contribution in [0.15, 0.2) is 54.6 Å². The van der Waals surface area contributed by atoms with E-state index in [-0.39, 0.29) is 13.4 Å². The van der Waals surface area contributed by atoms with E-state index >= 15 is 0 Å². The summed E-state index contributed by atoms with van der Waals surface area (Å²) in [5.74, 6) is 2.61. The Bertz CT molecular complexity index is 918. The third-order valence-corrected chi connectivity index (χ3v) is 4.06. The first-order valence-electron chi connectivity index (χ1n) is 8.78. The molecule has 2 aromatic carbocycles. The van der Waals surface area contributed by atoms with Crippen LogP contribution in [-0.4, -0.2) is 35.0 Å². The second-order valence-electron chi connectivity index (χ2n) is 6.03. The van der Waals surface area contributed by atoms with Crippen LogP contribution in [0.4, 0.5) is 17.5 Å². The fourth-order valence-electron chi connectivity index (χ4n) is 2.75. The molecule has 0 fully saturated rings. The molecular formula is C20H20N4O3. The van der Waals surface area contributed by atoms with E-state index in [1.807, 2.05) is 54.6 Å². The largest absolute Gasteiger partial charge is 0.454 e. The standard InChI is InChI=1S/C20H20N4O3/c25-10-4-9-21-20-23-16(14-5-2-1-3-6-14)12-19(24-20)22-15-7-8-17-18(11-15)27-13-26-17/h1-3,5-8,11-12,25H,4,9-10,13H2,(H2,21,22,23,24). The lowest BCUT2D eigenvalue weighted by Gasteiger charge is -2.12. The molecular weight excluding hydrogens is 344 g/mol. The Hall–Kier alpha value is -3.32. The summed E-state index contributed by atoms with van der Waals surface area (Å²) in [4.78, 5) is 9.12. The average Bonchev–Trinajstić information content (AvgIpc) is 3.17. The van der Waals surface area contributed by atoms with Crippen molar-refractivity contribution >= 4 is 17.5 Å². The molecule has 0 spiro atoms. The van der Waals surface area contributed by atoms with Crippen molar-refractivity contribution in [2.24, 2.45) is 0 Å². The number of hydrogen-bond donors (Lipinski definition) is 3. The highest BCUT2D eigenvalue weighted by Gasteiger charge is 2.14.